The van der Waals surface area contributed by atoms with E-state index >= 15 is 0 Å². The smallest absolute Gasteiger partial charge is 0.312 e. The normalized spacial score (nSPS) is 40.9. The first-order valence-corrected chi connectivity index (χ1v) is 7.24. The molecular formula is C14H22N2O3. The summed E-state index contributed by atoms with van der Waals surface area (Å²) in [5.41, 5.74) is 5.23. The minimum atomic E-state index is -0.852. The molecule has 4 saturated carbocycles. The number of nitrogens with two attached hydrogens (primary N) is 1. The largest absolute Gasteiger partial charge is 0.481 e. The van der Waals surface area contributed by atoms with E-state index in [1.807, 2.05) is 0 Å². The van der Waals surface area contributed by atoms with Gasteiger partial charge in [-0.2, -0.15) is 0 Å². The van der Waals surface area contributed by atoms with Crippen LogP contribution in [0.4, 0.5) is 4.79 Å². The molecule has 0 radical (unpaired) electrons. The van der Waals surface area contributed by atoms with Crippen molar-refractivity contribution < 1.29 is 14.7 Å². The van der Waals surface area contributed by atoms with Gasteiger partial charge in [0.05, 0.1) is 6.42 Å². The Morgan fingerprint density at radius 1 is 1.16 bits per heavy atom. The van der Waals surface area contributed by atoms with Crippen LogP contribution in [0.2, 0.25) is 0 Å². The molecule has 1 atom stereocenters. The van der Waals surface area contributed by atoms with Crippen molar-refractivity contribution in [3.63, 3.8) is 0 Å². The Kier molecular flexibility index (Phi) is 2.95. The summed E-state index contributed by atoms with van der Waals surface area (Å²) in [5.74, 6) is 1.35. The van der Waals surface area contributed by atoms with Gasteiger partial charge in [-0.1, -0.05) is 0 Å². The molecule has 5 heteroatoms. The van der Waals surface area contributed by atoms with Crippen LogP contribution in [0.5, 0.6) is 0 Å². The van der Waals surface area contributed by atoms with Gasteiger partial charge in [-0.3, -0.25) is 4.79 Å². The van der Waals surface area contributed by atoms with Gasteiger partial charge in [-0.05, 0) is 61.7 Å². The topological polar surface area (TPSA) is 92.4 Å². The first-order valence-electron chi connectivity index (χ1n) is 7.24. The molecular weight excluding hydrogens is 244 g/mol. The van der Waals surface area contributed by atoms with Crippen LogP contribution >= 0.6 is 0 Å². The minimum Gasteiger partial charge on any atom is -0.481 e. The second-order valence-corrected chi connectivity index (χ2v) is 6.94. The fraction of sp³-hybridized carbons (Fsp3) is 0.857. The Bertz CT molecular complexity index is 356. The standard InChI is InChI=1S/C14H22N2O3/c15-13(19)16-11(4-12(17)18)14-5-8-1-9(6-14)3-10(2-8)7-14/h8-11H,1-7H2,(H,17,18)(H3,15,16,19). The number of hydrogen-bond acceptors (Lipinski definition) is 2. The van der Waals surface area contributed by atoms with E-state index in [1.165, 1.54) is 19.3 Å². The molecule has 4 aliphatic rings. The molecule has 0 aliphatic heterocycles. The molecule has 19 heavy (non-hydrogen) atoms. The van der Waals surface area contributed by atoms with Crippen LogP contribution in [0.3, 0.4) is 0 Å². The summed E-state index contributed by atoms with van der Waals surface area (Å²) in [6.07, 6.45) is 7.10. The summed E-state index contributed by atoms with van der Waals surface area (Å²) < 4.78 is 0. The Morgan fingerprint density at radius 3 is 2.00 bits per heavy atom. The van der Waals surface area contributed by atoms with Crippen molar-refractivity contribution in [1.82, 2.24) is 5.32 Å². The third-order valence-electron chi connectivity index (χ3n) is 5.52. The highest BCUT2D eigenvalue weighted by Crippen LogP contribution is 2.61. The number of carbonyl (C=O) groups excluding carboxylic acids is 1. The van der Waals surface area contributed by atoms with Crippen LogP contribution < -0.4 is 11.1 Å². The predicted octanol–water partition coefficient (Wildman–Crippen LogP) is 1.71. The van der Waals surface area contributed by atoms with Gasteiger partial charge in [0.25, 0.3) is 0 Å². The first-order chi connectivity index (χ1) is 8.97. The molecule has 106 valence electrons. The number of carboxylic acids is 1. The molecule has 0 aromatic carbocycles. The number of carboxylic acid groups (broad SMARTS) is 1. The lowest BCUT2D eigenvalue weighted by atomic mass is 9.47. The van der Waals surface area contributed by atoms with Gasteiger partial charge in [0.1, 0.15) is 0 Å². The third kappa shape index (κ3) is 2.30. The zero-order valence-corrected chi connectivity index (χ0v) is 11.1. The molecule has 2 amide bonds. The number of amides is 2. The van der Waals surface area contributed by atoms with E-state index in [0.717, 1.165) is 37.0 Å². The highest BCUT2D eigenvalue weighted by atomic mass is 16.4. The highest BCUT2D eigenvalue weighted by Gasteiger charge is 2.54. The lowest BCUT2D eigenvalue weighted by molar-refractivity contribution is -0.140. The Balaban J connectivity index is 1.83. The summed E-state index contributed by atoms with van der Waals surface area (Å²) in [6, 6.07) is -0.891. The molecule has 0 saturated heterocycles. The molecule has 4 aliphatic carbocycles. The van der Waals surface area contributed by atoms with Crippen molar-refractivity contribution in [1.29, 1.82) is 0 Å². The maximum Gasteiger partial charge on any atom is 0.312 e. The van der Waals surface area contributed by atoms with Crippen LogP contribution in [0.25, 0.3) is 0 Å². The molecule has 5 nitrogen and oxygen atoms in total. The number of hydrogen-bond donors (Lipinski definition) is 3. The maximum absolute atomic E-state index is 11.2. The molecule has 0 heterocycles. The molecule has 0 aromatic heterocycles. The van der Waals surface area contributed by atoms with Crippen molar-refractivity contribution in [2.24, 2.45) is 28.9 Å². The van der Waals surface area contributed by atoms with Crippen molar-refractivity contribution in [2.45, 2.75) is 51.0 Å². The van der Waals surface area contributed by atoms with E-state index in [-0.39, 0.29) is 17.9 Å². The van der Waals surface area contributed by atoms with E-state index in [9.17, 15) is 9.59 Å². The van der Waals surface area contributed by atoms with Gasteiger partial charge in [-0.25, -0.2) is 4.79 Å². The highest BCUT2D eigenvalue weighted by molar-refractivity contribution is 5.74. The summed E-state index contributed by atoms with van der Waals surface area (Å²) in [6.45, 7) is 0. The average Bonchev–Trinajstić information content (AvgIpc) is 2.24. The van der Waals surface area contributed by atoms with E-state index < -0.39 is 12.0 Å². The predicted molar refractivity (Wildman–Crippen MR) is 69.4 cm³/mol. The zero-order chi connectivity index (χ0) is 13.6. The summed E-state index contributed by atoms with van der Waals surface area (Å²) in [7, 11) is 0. The molecule has 4 N–H and O–H groups in total. The number of primary amides is 1. The molecule has 1 unspecified atom stereocenters. The number of aliphatic carboxylic acids is 1. The second kappa shape index (κ2) is 4.39. The van der Waals surface area contributed by atoms with Crippen molar-refractivity contribution in [3.05, 3.63) is 0 Å². The quantitative estimate of drug-likeness (QED) is 0.723. The van der Waals surface area contributed by atoms with Gasteiger partial charge >= 0.3 is 12.0 Å². The molecule has 0 spiro atoms. The minimum absolute atomic E-state index is 0.00486. The summed E-state index contributed by atoms with van der Waals surface area (Å²) in [4.78, 5) is 22.3. The fourth-order valence-corrected chi connectivity index (χ4v) is 5.37. The van der Waals surface area contributed by atoms with E-state index in [4.69, 9.17) is 10.8 Å². The van der Waals surface area contributed by atoms with E-state index in [1.54, 1.807) is 0 Å². The molecule has 4 bridgehead atoms. The number of carbonyl (C=O) groups is 2. The Hall–Kier alpha value is -1.26. The van der Waals surface area contributed by atoms with Gasteiger partial charge in [-0.15, -0.1) is 0 Å². The van der Waals surface area contributed by atoms with Gasteiger partial charge < -0.3 is 16.2 Å². The second-order valence-electron chi connectivity index (χ2n) is 6.94. The number of rotatable bonds is 4. The van der Waals surface area contributed by atoms with Gasteiger partial charge in [0.15, 0.2) is 0 Å². The molecule has 4 fully saturated rings. The first kappa shape index (κ1) is 12.8. The van der Waals surface area contributed by atoms with Crippen LogP contribution in [0.1, 0.15) is 44.9 Å². The fourth-order valence-electron chi connectivity index (χ4n) is 5.37. The van der Waals surface area contributed by atoms with E-state index in [2.05, 4.69) is 5.32 Å². The zero-order valence-electron chi connectivity index (χ0n) is 11.1. The lowest BCUT2D eigenvalue weighted by Crippen LogP contribution is -2.58. The van der Waals surface area contributed by atoms with Crippen molar-refractivity contribution in [3.8, 4) is 0 Å². The summed E-state index contributed by atoms with van der Waals surface area (Å²) in [5, 5.41) is 11.8. The molecule has 4 rings (SSSR count). The van der Waals surface area contributed by atoms with Gasteiger partial charge in [0, 0.05) is 6.04 Å². The third-order valence-corrected chi connectivity index (χ3v) is 5.52. The van der Waals surface area contributed by atoms with E-state index in [0.29, 0.717) is 0 Å². The van der Waals surface area contributed by atoms with Crippen molar-refractivity contribution >= 4 is 12.0 Å². The Labute approximate surface area is 112 Å². The van der Waals surface area contributed by atoms with Crippen LogP contribution in [-0.4, -0.2) is 23.1 Å². The Morgan fingerprint density at radius 2 is 1.63 bits per heavy atom. The maximum atomic E-state index is 11.2. The number of nitrogens with one attached hydrogen (secondary N) is 1. The molecule has 0 aromatic rings. The average molecular weight is 266 g/mol. The van der Waals surface area contributed by atoms with Crippen LogP contribution in [0.15, 0.2) is 0 Å². The summed E-state index contributed by atoms with van der Waals surface area (Å²) >= 11 is 0. The number of urea groups is 1. The van der Waals surface area contributed by atoms with Crippen molar-refractivity contribution in [2.75, 3.05) is 0 Å². The van der Waals surface area contributed by atoms with Gasteiger partial charge in [0.2, 0.25) is 0 Å². The SMILES string of the molecule is NC(=O)NC(CC(=O)O)C12CC3CC(CC(C3)C1)C2. The monoisotopic (exact) mass is 266 g/mol. The lowest BCUT2D eigenvalue weighted by Gasteiger charge is -2.59. The van der Waals surface area contributed by atoms with Crippen LogP contribution in [0, 0.1) is 23.2 Å². The van der Waals surface area contributed by atoms with Crippen LogP contribution in [-0.2, 0) is 4.79 Å².